The van der Waals surface area contributed by atoms with Gasteiger partial charge in [0.25, 0.3) is 11.8 Å². The maximum Gasteiger partial charge on any atom is 0.336 e. The van der Waals surface area contributed by atoms with E-state index in [0.717, 1.165) is 11.3 Å². The fourth-order valence-corrected chi connectivity index (χ4v) is 5.72. The molecule has 38 heavy (non-hydrogen) atoms. The molecule has 0 radical (unpaired) electrons. The first-order chi connectivity index (χ1) is 18.4. The van der Waals surface area contributed by atoms with Crippen molar-refractivity contribution in [2.24, 2.45) is 5.92 Å². The third kappa shape index (κ3) is 5.31. The number of allylic oxidation sites excluding steroid dienone is 1. The molecule has 0 spiro atoms. The van der Waals surface area contributed by atoms with Gasteiger partial charge in [0.1, 0.15) is 0 Å². The van der Waals surface area contributed by atoms with Crippen molar-refractivity contribution in [3.63, 3.8) is 0 Å². The molecule has 2 aliphatic rings. The molecule has 1 atom stereocenters. The van der Waals surface area contributed by atoms with Gasteiger partial charge in [0, 0.05) is 23.7 Å². The van der Waals surface area contributed by atoms with Gasteiger partial charge in [-0.2, -0.15) is 0 Å². The largest absolute Gasteiger partial charge is 0.463 e. The summed E-state index contributed by atoms with van der Waals surface area (Å²) in [5, 5.41) is 3.30. The Kier molecular flexibility index (Phi) is 8.84. The molecule has 2 aromatic carbocycles. The van der Waals surface area contributed by atoms with E-state index in [-0.39, 0.29) is 30.1 Å². The standard InChI is InChI=1S/C30H32N2O5S/c1-4-23-24(30(36)38-6-3)22(17-12-18-32-27(33)20-15-10-11-16-21(20)28(32)34)25(29(35)37-5-2)26(31-23)19-13-8-7-9-14-19/h7-11,13-16,22,31H,4-6,12,17-18H2,1-3H3. The van der Waals surface area contributed by atoms with Crippen molar-refractivity contribution in [1.29, 1.82) is 0 Å². The lowest BCUT2D eigenvalue weighted by Gasteiger charge is -2.33. The number of ether oxygens (including phenoxy) is 1. The number of imide groups is 1. The van der Waals surface area contributed by atoms with Gasteiger partial charge in [0.15, 0.2) is 0 Å². The molecule has 8 heteroatoms. The molecular formula is C30H32N2O5S. The van der Waals surface area contributed by atoms with Gasteiger partial charge in [-0.25, -0.2) is 4.79 Å². The Bertz CT molecular complexity index is 1280. The predicted molar refractivity (Wildman–Crippen MR) is 148 cm³/mol. The summed E-state index contributed by atoms with van der Waals surface area (Å²) in [6.07, 6.45) is 1.40. The highest BCUT2D eigenvalue weighted by atomic mass is 32.2. The molecule has 4 rings (SSSR count). The van der Waals surface area contributed by atoms with E-state index in [1.54, 1.807) is 31.2 Å². The lowest BCUT2D eigenvalue weighted by atomic mass is 9.80. The van der Waals surface area contributed by atoms with Gasteiger partial charge in [0.05, 0.1) is 29.0 Å². The quantitative estimate of drug-likeness (QED) is 0.332. The predicted octanol–water partition coefficient (Wildman–Crippen LogP) is 5.20. The molecule has 7 nitrogen and oxygen atoms in total. The number of hydrogen-bond acceptors (Lipinski definition) is 7. The Morgan fingerprint density at radius 2 is 1.55 bits per heavy atom. The number of esters is 1. The monoisotopic (exact) mass is 532 g/mol. The molecule has 0 saturated carbocycles. The average molecular weight is 533 g/mol. The van der Waals surface area contributed by atoms with Crippen LogP contribution in [0, 0.1) is 5.92 Å². The van der Waals surface area contributed by atoms with E-state index in [2.05, 4.69) is 5.32 Å². The Labute approximate surface area is 227 Å². The zero-order valence-electron chi connectivity index (χ0n) is 21.9. The minimum absolute atomic E-state index is 0.0866. The molecular weight excluding hydrogens is 500 g/mol. The van der Waals surface area contributed by atoms with Crippen LogP contribution in [0.5, 0.6) is 0 Å². The highest BCUT2D eigenvalue weighted by molar-refractivity contribution is 8.14. The highest BCUT2D eigenvalue weighted by Crippen LogP contribution is 2.40. The van der Waals surface area contributed by atoms with Crippen LogP contribution in [0.2, 0.25) is 0 Å². The SMILES string of the molecule is CCOC(=O)C1=C(c2ccccc2)NC(CC)=C(C(=O)SCC)C1CCCN1C(=O)c2ccccc2C1=O. The van der Waals surface area contributed by atoms with E-state index in [1.165, 1.54) is 16.7 Å². The van der Waals surface area contributed by atoms with Crippen molar-refractivity contribution < 1.29 is 23.9 Å². The van der Waals surface area contributed by atoms with E-state index in [9.17, 15) is 19.2 Å². The molecule has 0 saturated heterocycles. The van der Waals surface area contributed by atoms with Crippen LogP contribution in [-0.4, -0.2) is 46.7 Å². The summed E-state index contributed by atoms with van der Waals surface area (Å²) in [6.45, 7) is 6.03. The highest BCUT2D eigenvalue weighted by Gasteiger charge is 2.39. The lowest BCUT2D eigenvalue weighted by Crippen LogP contribution is -2.35. The number of fused-ring (bicyclic) bond motifs is 1. The van der Waals surface area contributed by atoms with E-state index in [1.807, 2.05) is 44.2 Å². The molecule has 1 N–H and O–H groups in total. The van der Waals surface area contributed by atoms with Crippen molar-refractivity contribution in [3.05, 3.63) is 88.1 Å². The fraction of sp³-hybridized carbons (Fsp3) is 0.333. The van der Waals surface area contributed by atoms with Crippen molar-refractivity contribution in [2.75, 3.05) is 18.9 Å². The van der Waals surface area contributed by atoms with Crippen LogP contribution in [0.25, 0.3) is 5.70 Å². The van der Waals surface area contributed by atoms with E-state index in [4.69, 9.17) is 4.74 Å². The Hall–Kier alpha value is -3.65. The maximum atomic E-state index is 13.4. The number of nitrogens with zero attached hydrogens (tertiary/aromatic N) is 1. The summed E-state index contributed by atoms with van der Waals surface area (Å²) < 4.78 is 5.48. The second-order valence-corrected chi connectivity index (χ2v) is 10.2. The molecule has 0 aromatic heterocycles. The zero-order chi connectivity index (χ0) is 27.2. The van der Waals surface area contributed by atoms with Gasteiger partial charge < -0.3 is 10.1 Å². The number of thioether (sulfide) groups is 1. The smallest absolute Gasteiger partial charge is 0.336 e. The Balaban J connectivity index is 1.70. The molecule has 198 valence electrons. The minimum Gasteiger partial charge on any atom is -0.463 e. The number of carbonyl (C=O) groups excluding carboxylic acids is 4. The topological polar surface area (TPSA) is 92.8 Å². The number of benzene rings is 2. The van der Waals surface area contributed by atoms with Gasteiger partial charge in [0.2, 0.25) is 5.12 Å². The van der Waals surface area contributed by atoms with Gasteiger partial charge in [-0.15, -0.1) is 0 Å². The van der Waals surface area contributed by atoms with Crippen LogP contribution < -0.4 is 5.32 Å². The van der Waals surface area contributed by atoms with Crippen LogP contribution in [0.1, 0.15) is 66.3 Å². The van der Waals surface area contributed by atoms with E-state index in [0.29, 0.717) is 53.0 Å². The second-order valence-electron chi connectivity index (χ2n) is 8.97. The first-order valence-electron chi connectivity index (χ1n) is 13.0. The number of nitrogens with one attached hydrogen (secondary N) is 1. The van der Waals surface area contributed by atoms with E-state index >= 15 is 0 Å². The molecule has 0 aliphatic carbocycles. The van der Waals surface area contributed by atoms with Crippen molar-refractivity contribution in [2.45, 2.75) is 40.0 Å². The summed E-state index contributed by atoms with van der Waals surface area (Å²) in [5.74, 6) is -1.05. The average Bonchev–Trinajstić information content (AvgIpc) is 3.17. The van der Waals surface area contributed by atoms with E-state index < -0.39 is 11.9 Å². The fourth-order valence-electron chi connectivity index (χ4n) is 5.04. The summed E-state index contributed by atoms with van der Waals surface area (Å²) >= 11 is 1.21. The Morgan fingerprint density at radius 1 is 0.921 bits per heavy atom. The van der Waals surface area contributed by atoms with Gasteiger partial charge >= 0.3 is 5.97 Å². The molecule has 2 heterocycles. The Morgan fingerprint density at radius 3 is 2.13 bits per heavy atom. The molecule has 1 unspecified atom stereocenters. The molecule has 0 fully saturated rings. The summed E-state index contributed by atoms with van der Waals surface area (Å²) in [5.41, 5.74) is 3.99. The van der Waals surface area contributed by atoms with Gasteiger partial charge in [-0.05, 0) is 49.6 Å². The second kappa shape index (κ2) is 12.3. The first-order valence-corrected chi connectivity index (χ1v) is 14.0. The molecule has 2 aromatic rings. The van der Waals surface area contributed by atoms with Crippen molar-refractivity contribution >= 4 is 40.4 Å². The maximum absolute atomic E-state index is 13.4. The lowest BCUT2D eigenvalue weighted by molar-refractivity contribution is -0.139. The zero-order valence-corrected chi connectivity index (χ0v) is 22.7. The van der Waals surface area contributed by atoms with Crippen LogP contribution >= 0.6 is 11.8 Å². The van der Waals surface area contributed by atoms with Gasteiger partial charge in [-0.3, -0.25) is 19.3 Å². The van der Waals surface area contributed by atoms with Gasteiger partial charge in [-0.1, -0.05) is 68.1 Å². The third-order valence-corrected chi connectivity index (χ3v) is 7.50. The summed E-state index contributed by atoms with van der Waals surface area (Å²) in [4.78, 5) is 53.8. The van der Waals surface area contributed by atoms with Crippen LogP contribution in [0.15, 0.2) is 71.4 Å². The number of dihydropyridines is 1. The van der Waals surface area contributed by atoms with Crippen molar-refractivity contribution in [3.8, 4) is 0 Å². The third-order valence-electron chi connectivity index (χ3n) is 6.73. The number of rotatable bonds is 10. The number of carbonyl (C=O) groups is 4. The number of amides is 2. The normalized spacial score (nSPS) is 17.0. The van der Waals surface area contributed by atoms with Crippen LogP contribution in [-0.2, 0) is 14.3 Å². The molecule has 2 aliphatic heterocycles. The van der Waals surface area contributed by atoms with Crippen LogP contribution in [0.3, 0.4) is 0 Å². The summed E-state index contributed by atoms with van der Waals surface area (Å²) in [6, 6.07) is 16.3. The van der Waals surface area contributed by atoms with Crippen LogP contribution in [0.4, 0.5) is 0 Å². The summed E-state index contributed by atoms with van der Waals surface area (Å²) in [7, 11) is 0. The molecule has 2 amide bonds. The first kappa shape index (κ1) is 27.4. The molecule has 0 bridgehead atoms. The number of hydrogen-bond donors (Lipinski definition) is 1. The minimum atomic E-state index is -0.540. The van der Waals surface area contributed by atoms with Crippen molar-refractivity contribution in [1.82, 2.24) is 10.2 Å².